The summed E-state index contributed by atoms with van der Waals surface area (Å²) >= 11 is 5.79. The lowest BCUT2D eigenvalue weighted by molar-refractivity contribution is -0.115. The second-order valence-electron chi connectivity index (χ2n) is 8.84. The van der Waals surface area contributed by atoms with Gasteiger partial charge >= 0.3 is 5.97 Å². The van der Waals surface area contributed by atoms with Crippen molar-refractivity contribution in [3.63, 3.8) is 0 Å². The van der Waals surface area contributed by atoms with E-state index in [1.807, 2.05) is 35.2 Å². The van der Waals surface area contributed by atoms with Gasteiger partial charge in [0.1, 0.15) is 23.3 Å². The van der Waals surface area contributed by atoms with Crippen molar-refractivity contribution in [3.05, 3.63) is 96.0 Å². The maximum atomic E-state index is 12.0. The highest BCUT2D eigenvalue weighted by molar-refractivity contribution is 7.80. The van der Waals surface area contributed by atoms with E-state index < -0.39 is 12.0 Å². The van der Waals surface area contributed by atoms with E-state index in [9.17, 15) is 14.7 Å². The molecule has 9 nitrogen and oxygen atoms in total. The normalized spacial score (nSPS) is 16.6. The Kier molecular flexibility index (Phi) is 7.29. The Morgan fingerprint density at radius 2 is 1.92 bits per heavy atom. The van der Waals surface area contributed by atoms with Crippen LogP contribution < -0.4 is 20.3 Å². The Morgan fingerprint density at radius 3 is 2.64 bits per heavy atom. The highest BCUT2D eigenvalue weighted by Crippen LogP contribution is 2.44. The average molecular weight is 543 g/mol. The first-order valence-corrected chi connectivity index (χ1v) is 12.7. The number of anilines is 2. The summed E-state index contributed by atoms with van der Waals surface area (Å²) in [6.45, 7) is 1.78. The van der Waals surface area contributed by atoms with Gasteiger partial charge in [-0.05, 0) is 54.7 Å². The molecule has 2 atom stereocenters. The van der Waals surface area contributed by atoms with E-state index in [-0.39, 0.29) is 17.5 Å². The van der Waals surface area contributed by atoms with Gasteiger partial charge in [-0.25, -0.2) is 4.79 Å². The van der Waals surface area contributed by atoms with Gasteiger partial charge in [0.2, 0.25) is 5.91 Å². The van der Waals surface area contributed by atoms with Crippen LogP contribution in [0.25, 0.3) is 11.3 Å². The van der Waals surface area contributed by atoms with Crippen molar-refractivity contribution in [3.8, 4) is 17.1 Å². The number of carbonyl (C=O) groups is 2. The number of carboxylic acids is 1. The molecule has 0 aliphatic carbocycles. The fourth-order valence-corrected chi connectivity index (χ4v) is 4.98. The molecule has 2 aromatic heterocycles. The van der Waals surface area contributed by atoms with E-state index in [1.165, 1.54) is 7.11 Å². The molecule has 198 valence electrons. The number of ether oxygens (including phenoxy) is 1. The lowest BCUT2D eigenvalue weighted by Crippen LogP contribution is -2.29. The predicted octanol–water partition coefficient (Wildman–Crippen LogP) is 5.57. The van der Waals surface area contributed by atoms with Crippen molar-refractivity contribution in [2.24, 2.45) is 0 Å². The van der Waals surface area contributed by atoms with Crippen LogP contribution in [0.4, 0.5) is 11.4 Å². The topological polar surface area (TPSA) is 117 Å². The molecule has 0 unspecified atom stereocenters. The monoisotopic (exact) mass is 542 g/mol. The third-order valence-corrected chi connectivity index (χ3v) is 6.81. The average Bonchev–Trinajstić information content (AvgIpc) is 3.58. The molecule has 1 aliphatic rings. The van der Waals surface area contributed by atoms with Crippen LogP contribution in [0.1, 0.15) is 47.2 Å². The highest BCUT2D eigenvalue weighted by Gasteiger charge is 2.43. The standard InChI is InChI=1S/C29H26N4O5S/c1-3-25(34)31-20-12-11-17(16-24(20)37-2)33-27(26(32-29(33)39)21-10-6-7-15-30-21)23-14-13-22(38-23)18-8-4-5-9-19(18)28(35)36/h4-16,26-27H,3H2,1-2H3,(H,31,34)(H,32,39)(H,35,36)/t26-,27-/m1/s1. The molecular formula is C29H26N4O5S. The number of aromatic carboxylic acids is 1. The number of rotatable bonds is 8. The summed E-state index contributed by atoms with van der Waals surface area (Å²) in [5, 5.41) is 16.3. The molecule has 3 N–H and O–H groups in total. The number of nitrogens with zero attached hydrogens (tertiary/aromatic N) is 2. The third kappa shape index (κ3) is 5.06. The second-order valence-corrected chi connectivity index (χ2v) is 9.22. The zero-order valence-corrected chi connectivity index (χ0v) is 22.1. The van der Waals surface area contributed by atoms with E-state index in [4.69, 9.17) is 21.4 Å². The van der Waals surface area contributed by atoms with Crippen LogP contribution in [0.5, 0.6) is 5.75 Å². The van der Waals surface area contributed by atoms with Crippen LogP contribution >= 0.6 is 12.2 Å². The molecule has 3 heterocycles. The van der Waals surface area contributed by atoms with Gasteiger partial charge in [-0.15, -0.1) is 0 Å². The van der Waals surface area contributed by atoms with E-state index in [0.717, 1.165) is 5.69 Å². The molecule has 0 bridgehead atoms. The Hall–Kier alpha value is -4.70. The minimum atomic E-state index is -1.04. The van der Waals surface area contributed by atoms with Crippen LogP contribution in [-0.2, 0) is 4.79 Å². The van der Waals surface area contributed by atoms with Crippen LogP contribution in [0.15, 0.2) is 83.4 Å². The Bertz CT molecular complexity index is 1540. The maximum absolute atomic E-state index is 12.0. The summed E-state index contributed by atoms with van der Waals surface area (Å²) in [5.41, 5.74) is 2.64. The van der Waals surface area contributed by atoms with Crippen LogP contribution in [0.2, 0.25) is 0 Å². The molecule has 2 aromatic carbocycles. The first-order valence-electron chi connectivity index (χ1n) is 12.3. The minimum Gasteiger partial charge on any atom is -0.494 e. The number of pyridine rings is 1. The number of hydrogen-bond donors (Lipinski definition) is 3. The molecule has 1 saturated heterocycles. The summed E-state index contributed by atoms with van der Waals surface area (Å²) in [5.74, 6) is 0.304. The van der Waals surface area contributed by atoms with Crippen molar-refractivity contribution in [2.75, 3.05) is 17.3 Å². The fraction of sp³-hybridized carbons (Fsp3) is 0.172. The number of carbonyl (C=O) groups excluding carboxylic acids is 1. The summed E-state index contributed by atoms with van der Waals surface area (Å²) in [4.78, 5) is 30.3. The lowest BCUT2D eigenvalue weighted by Gasteiger charge is -2.27. The van der Waals surface area contributed by atoms with Gasteiger partial charge in [0.15, 0.2) is 5.11 Å². The van der Waals surface area contributed by atoms with Gasteiger partial charge < -0.3 is 29.8 Å². The summed E-state index contributed by atoms with van der Waals surface area (Å²) in [6, 6.07) is 20.5. The van der Waals surface area contributed by atoms with Gasteiger partial charge in [0, 0.05) is 29.9 Å². The van der Waals surface area contributed by atoms with E-state index in [2.05, 4.69) is 15.6 Å². The van der Waals surface area contributed by atoms with Crippen molar-refractivity contribution in [1.29, 1.82) is 0 Å². The molecule has 0 radical (unpaired) electrons. The number of benzene rings is 2. The van der Waals surface area contributed by atoms with Gasteiger partial charge in [0.05, 0.1) is 30.1 Å². The number of carboxylic acid groups (broad SMARTS) is 1. The van der Waals surface area contributed by atoms with Crippen molar-refractivity contribution >= 4 is 40.6 Å². The van der Waals surface area contributed by atoms with E-state index >= 15 is 0 Å². The van der Waals surface area contributed by atoms with Crippen LogP contribution in [0.3, 0.4) is 0 Å². The molecule has 0 saturated carbocycles. The molecule has 4 aromatic rings. The molecular weight excluding hydrogens is 516 g/mol. The summed E-state index contributed by atoms with van der Waals surface area (Å²) in [6.07, 6.45) is 2.05. The van der Waals surface area contributed by atoms with Gasteiger partial charge in [-0.1, -0.05) is 31.2 Å². The van der Waals surface area contributed by atoms with Crippen LogP contribution in [0, 0.1) is 0 Å². The van der Waals surface area contributed by atoms with E-state index in [0.29, 0.717) is 45.7 Å². The number of aromatic nitrogens is 1. The number of thiocarbonyl (C=S) groups is 1. The first kappa shape index (κ1) is 25.9. The summed E-state index contributed by atoms with van der Waals surface area (Å²) < 4.78 is 11.9. The lowest BCUT2D eigenvalue weighted by atomic mass is 10.0. The summed E-state index contributed by atoms with van der Waals surface area (Å²) in [7, 11) is 1.54. The number of furan rings is 1. The third-order valence-electron chi connectivity index (χ3n) is 6.50. The van der Waals surface area contributed by atoms with Gasteiger partial charge in [-0.2, -0.15) is 0 Å². The second kappa shape index (κ2) is 11.0. The van der Waals surface area contributed by atoms with Crippen molar-refractivity contribution in [2.45, 2.75) is 25.4 Å². The Balaban J connectivity index is 1.60. The molecule has 39 heavy (non-hydrogen) atoms. The largest absolute Gasteiger partial charge is 0.494 e. The number of nitrogens with one attached hydrogen (secondary N) is 2. The molecule has 1 amide bonds. The van der Waals surface area contributed by atoms with Crippen LogP contribution in [-0.4, -0.2) is 34.2 Å². The van der Waals surface area contributed by atoms with Crippen molar-refractivity contribution in [1.82, 2.24) is 10.3 Å². The predicted molar refractivity (Wildman–Crippen MR) is 151 cm³/mol. The maximum Gasteiger partial charge on any atom is 0.336 e. The quantitative estimate of drug-likeness (QED) is 0.246. The fourth-order valence-electron chi connectivity index (χ4n) is 4.63. The smallest absolute Gasteiger partial charge is 0.336 e. The molecule has 1 fully saturated rings. The highest BCUT2D eigenvalue weighted by atomic mass is 32.1. The van der Waals surface area contributed by atoms with Gasteiger partial charge in [-0.3, -0.25) is 9.78 Å². The molecule has 1 aliphatic heterocycles. The SMILES string of the molecule is CCC(=O)Nc1ccc(N2C(=S)N[C@H](c3ccccn3)[C@H]2c2ccc(-c3ccccc3C(=O)O)o2)cc1OC. The molecule has 0 spiro atoms. The number of hydrogen-bond acceptors (Lipinski definition) is 6. The Labute approximate surface area is 230 Å². The zero-order chi connectivity index (χ0) is 27.5. The molecule has 10 heteroatoms. The van der Waals surface area contributed by atoms with Gasteiger partial charge in [0.25, 0.3) is 0 Å². The number of amides is 1. The minimum absolute atomic E-state index is 0.128. The number of methoxy groups -OCH3 is 1. The Morgan fingerprint density at radius 1 is 1.13 bits per heavy atom. The van der Waals surface area contributed by atoms with Crippen molar-refractivity contribution < 1.29 is 23.8 Å². The molecule has 5 rings (SSSR count). The van der Waals surface area contributed by atoms with E-state index in [1.54, 1.807) is 55.6 Å². The zero-order valence-electron chi connectivity index (χ0n) is 21.3. The first-order chi connectivity index (χ1) is 18.9.